The second-order valence-corrected chi connectivity index (χ2v) is 28.1. The molecule has 0 radical (unpaired) electrons. The van der Waals surface area contributed by atoms with E-state index in [0.717, 1.165) is 13.1 Å². The van der Waals surface area contributed by atoms with Crippen LogP contribution in [0, 0.1) is 5.41 Å². The second-order valence-electron chi connectivity index (χ2n) is 27.7. The summed E-state index contributed by atoms with van der Waals surface area (Å²) < 4.78 is 26.9. The minimum absolute atomic E-state index is 0.00648. The number of aryl methyl sites for hydroxylation is 3. The number of nitrogens with one attached hydrogen (secondary N) is 9. The van der Waals surface area contributed by atoms with E-state index in [1.165, 1.54) is 58.5 Å². The molecule has 9 heterocycles. The van der Waals surface area contributed by atoms with E-state index in [-0.39, 0.29) is 64.7 Å². The van der Waals surface area contributed by atoms with Crippen LogP contribution in [-0.4, -0.2) is 230 Å². The van der Waals surface area contributed by atoms with Gasteiger partial charge in [-0.15, -0.1) is 30.6 Å². The number of carbonyl (C=O) groups excluding carboxylic acids is 7. The average Bonchev–Trinajstić information content (AvgIpc) is 1.55. The Labute approximate surface area is 636 Å². The first-order valence-corrected chi connectivity index (χ1v) is 34.2. The van der Waals surface area contributed by atoms with Crippen LogP contribution in [0.5, 0.6) is 17.2 Å². The fourth-order valence-corrected chi connectivity index (χ4v) is 11.5. The molecule has 40 nitrogen and oxygen atoms in total. The van der Waals surface area contributed by atoms with E-state index in [2.05, 4.69) is 123 Å². The summed E-state index contributed by atoms with van der Waals surface area (Å²) in [7, 11) is 14.4. The lowest BCUT2D eigenvalue weighted by molar-refractivity contribution is 0.0292. The van der Waals surface area contributed by atoms with Crippen molar-refractivity contribution in [1.29, 1.82) is 0 Å². The Kier molecular flexibility index (Phi) is 25.2. The van der Waals surface area contributed by atoms with Gasteiger partial charge in [-0.2, -0.15) is 15.3 Å². The summed E-state index contributed by atoms with van der Waals surface area (Å²) >= 11 is 5.94. The highest BCUT2D eigenvalue weighted by Crippen LogP contribution is 2.41. The van der Waals surface area contributed by atoms with Crippen molar-refractivity contribution in [3.05, 3.63) is 114 Å². The standard InChI is InChI=1S/C26H34N10O5.C21H26N10O3.C16H16ClN7O2.C6H12N2O/c1-25(2,3)41-24(39)31-26(4)12-36(13-26)23(38)30-18-11-17(19(33-32-18)22(37)27-5)29-16-10-8-9-15(20(16)40-7)21-28-14-35(6)34-21;1-21(22)9-31(10-21)20(33)26-15-8-14(16(28-27-15)19(32)23-2)25-13-7-5-6-12(17(13)34-4)18-24-11-30(3)29-18;1-18-16(25)13-11(7-12(17)21-22-13)20-10-6-4-5-9(14(10)26-3)15-19-8-24(2)23-15;1-6(2)3-8(4-6)5(7)9/h8-11,14H,12-13H2,1-7H3,(H,27,37)(H,31,39)(H2,29,30,32,38);5-8,11H,9-10,22H2,1-4H3,(H,23,32)(H2,25,26,27,33);4-8H,1-3H3,(H,18,25)(H,20,21);3-4H2,1-2H3,(H2,7,9). The van der Waals surface area contributed by atoms with Gasteiger partial charge in [0.15, 0.2) is 68.6 Å². The van der Waals surface area contributed by atoms with Crippen LogP contribution in [0.3, 0.4) is 0 Å². The van der Waals surface area contributed by atoms with Crippen molar-refractivity contribution in [2.24, 2.45) is 38.0 Å². The maximum Gasteiger partial charge on any atom is 0.408 e. The first kappa shape index (κ1) is 80.9. The second kappa shape index (κ2) is 34.2. The van der Waals surface area contributed by atoms with Gasteiger partial charge in [0.2, 0.25) is 0 Å². The number of nitrogens with two attached hydrogens (primary N) is 2. The van der Waals surface area contributed by atoms with Crippen molar-refractivity contribution in [3.63, 3.8) is 0 Å². The Morgan fingerprint density at radius 2 is 0.845 bits per heavy atom. The number of amides is 10. The van der Waals surface area contributed by atoms with Crippen molar-refractivity contribution in [1.82, 2.24) is 111 Å². The summed E-state index contributed by atoms with van der Waals surface area (Å²) in [4.78, 5) is 103. The number of primary amides is 1. The number of rotatable bonds is 18. The maximum atomic E-state index is 12.9. The van der Waals surface area contributed by atoms with E-state index in [4.69, 9.17) is 42.0 Å². The van der Waals surface area contributed by atoms with Gasteiger partial charge in [-0.1, -0.05) is 43.6 Å². The number of aromatic nitrogens is 15. The molecule has 0 bridgehead atoms. The molecule has 0 aliphatic carbocycles. The zero-order chi connectivity index (χ0) is 80.2. The van der Waals surface area contributed by atoms with E-state index < -0.39 is 46.5 Å². The molecule has 3 saturated heterocycles. The predicted octanol–water partition coefficient (Wildman–Crippen LogP) is 5.91. The number of hydrogen-bond acceptors (Lipinski definition) is 27. The molecule has 6 aromatic heterocycles. The molecule has 0 saturated carbocycles. The lowest BCUT2D eigenvalue weighted by Gasteiger charge is -2.47. The number of methoxy groups -OCH3 is 3. The fourth-order valence-electron chi connectivity index (χ4n) is 11.4. The van der Waals surface area contributed by atoms with Crippen LogP contribution in [0.25, 0.3) is 34.2 Å². The quantitative estimate of drug-likeness (QED) is 0.0475. The molecular formula is C69H88ClN29O11. The van der Waals surface area contributed by atoms with E-state index >= 15 is 0 Å². The monoisotopic (exact) mass is 1530 g/mol. The largest absolute Gasteiger partial charge is 0.494 e. The minimum atomic E-state index is -0.634. The molecule has 10 amide bonds. The first-order valence-electron chi connectivity index (χ1n) is 33.9. The molecule has 3 fully saturated rings. The highest BCUT2D eigenvalue weighted by molar-refractivity contribution is 6.29. The summed E-state index contributed by atoms with van der Waals surface area (Å²) in [5.41, 5.74) is 14.4. The van der Waals surface area contributed by atoms with Crippen LogP contribution >= 0.6 is 11.6 Å². The zero-order valence-electron chi connectivity index (χ0n) is 63.5. The van der Waals surface area contributed by atoms with E-state index in [0.29, 0.717) is 98.4 Å². The molecule has 0 spiro atoms. The van der Waals surface area contributed by atoms with Crippen molar-refractivity contribution < 1.29 is 52.5 Å². The number of ether oxygens (including phenoxy) is 4. The van der Waals surface area contributed by atoms with Gasteiger partial charge in [-0.05, 0) is 71.0 Å². The Hall–Kier alpha value is -13.1. The SMILES string of the molecule is CC1(C)CN(C(N)=O)C1.CNC(=O)c1nnc(Cl)cc1Nc1cccc(-c2ncn(C)n2)c1OC.CNC(=O)c1nnc(NC(=O)N2CC(C)(N)C2)cc1Nc1cccc(-c2ncn(C)n2)c1OC.CNC(=O)c1nnc(NC(=O)N2CC(C)(NC(=O)OC(C)(C)C)C2)cc1Nc1cccc(-c2ncn(C)n2)c1OC. The van der Waals surface area contributed by atoms with E-state index in [1.54, 1.807) is 122 Å². The van der Waals surface area contributed by atoms with Crippen molar-refractivity contribution in [2.75, 3.05) is 108 Å². The molecule has 3 aliphatic rings. The van der Waals surface area contributed by atoms with Gasteiger partial charge >= 0.3 is 24.2 Å². The molecule has 110 heavy (non-hydrogen) atoms. The van der Waals surface area contributed by atoms with Crippen LogP contribution in [0.2, 0.25) is 5.15 Å². The third kappa shape index (κ3) is 20.3. The van der Waals surface area contributed by atoms with Crippen LogP contribution in [-0.2, 0) is 25.9 Å². The number of carbonyl (C=O) groups is 7. The number of nitrogens with zero attached hydrogens (tertiary/aromatic N) is 18. The van der Waals surface area contributed by atoms with E-state index in [9.17, 15) is 33.6 Å². The molecule has 13 N–H and O–H groups in total. The highest BCUT2D eigenvalue weighted by atomic mass is 35.5. The maximum absolute atomic E-state index is 12.9. The van der Waals surface area contributed by atoms with E-state index in [1.807, 2.05) is 38.1 Å². The van der Waals surface area contributed by atoms with Gasteiger partial charge in [0.25, 0.3) is 17.7 Å². The molecule has 41 heteroatoms. The number of likely N-dealkylation sites (tertiary alicyclic amines) is 3. The molecule has 0 unspecified atom stereocenters. The summed E-state index contributed by atoms with van der Waals surface area (Å²) in [5.74, 6) is 1.87. The van der Waals surface area contributed by atoms with Crippen molar-refractivity contribution >= 4 is 99.3 Å². The Morgan fingerprint density at radius 3 is 1.15 bits per heavy atom. The summed E-state index contributed by atoms with van der Waals surface area (Å²) in [6.45, 7) is 16.3. The van der Waals surface area contributed by atoms with Crippen molar-refractivity contribution in [2.45, 2.75) is 65.1 Å². The third-order valence-electron chi connectivity index (χ3n) is 16.2. The van der Waals surface area contributed by atoms with Gasteiger partial charge in [0.1, 0.15) is 24.6 Å². The number of urea groups is 3. The lowest BCUT2D eigenvalue weighted by atomic mass is 9.85. The van der Waals surface area contributed by atoms with Gasteiger partial charge in [0.05, 0.1) is 77.7 Å². The number of alkyl carbamates (subject to hydrolysis) is 1. The summed E-state index contributed by atoms with van der Waals surface area (Å²) in [6, 6.07) is 19.7. The number of anilines is 8. The Bertz CT molecular complexity index is 4860. The number of para-hydroxylation sites is 3. The molecular weight excluding hydrogens is 1450 g/mol. The van der Waals surface area contributed by atoms with Gasteiger partial charge < -0.3 is 82.3 Å². The average molecular weight is 1540 g/mol. The Balaban J connectivity index is 0.000000183. The van der Waals surface area contributed by atoms with Gasteiger partial charge in [-0.3, -0.25) is 39.1 Å². The topological polar surface area (TPSA) is 496 Å². The predicted molar refractivity (Wildman–Crippen MR) is 407 cm³/mol. The molecule has 0 atom stereocenters. The van der Waals surface area contributed by atoms with Crippen LogP contribution in [0.1, 0.15) is 79.9 Å². The van der Waals surface area contributed by atoms with Crippen molar-refractivity contribution in [3.8, 4) is 51.4 Å². The number of hydrogen-bond donors (Lipinski definition) is 11. The van der Waals surface area contributed by atoms with Gasteiger partial charge in [-0.25, -0.2) is 34.1 Å². The lowest BCUT2D eigenvalue weighted by Crippen LogP contribution is -2.70. The minimum Gasteiger partial charge on any atom is -0.494 e. The van der Waals surface area contributed by atoms with Gasteiger partial charge in [0, 0.05) is 111 Å². The molecule has 12 rings (SSSR count). The van der Waals surface area contributed by atoms with Crippen LogP contribution in [0.4, 0.5) is 64.9 Å². The molecule has 9 aromatic rings. The summed E-state index contributed by atoms with van der Waals surface area (Å²) in [5, 5.41) is 62.0. The first-order chi connectivity index (χ1) is 52.0. The zero-order valence-corrected chi connectivity index (χ0v) is 64.2. The normalized spacial score (nSPS) is 14.0. The smallest absolute Gasteiger partial charge is 0.408 e. The molecule has 3 aromatic carbocycles. The fraction of sp³-hybridized carbons (Fsp3) is 0.377. The Morgan fingerprint density at radius 1 is 0.491 bits per heavy atom. The number of halogens is 1. The molecule has 3 aliphatic heterocycles. The van der Waals surface area contributed by atoms with Crippen LogP contribution < -0.4 is 73.5 Å². The third-order valence-corrected chi connectivity index (χ3v) is 16.4. The number of benzene rings is 3. The summed E-state index contributed by atoms with van der Waals surface area (Å²) in [6.07, 6.45) is 4.22. The highest BCUT2D eigenvalue weighted by Gasteiger charge is 2.44. The van der Waals surface area contributed by atoms with Crippen LogP contribution in [0.15, 0.2) is 91.8 Å². The molecule has 582 valence electrons.